The van der Waals surface area contributed by atoms with Gasteiger partial charge in [-0.2, -0.15) is 0 Å². The Morgan fingerprint density at radius 2 is 2.38 bits per heavy atom. The van der Waals surface area contributed by atoms with E-state index in [2.05, 4.69) is 27.6 Å². The summed E-state index contributed by atoms with van der Waals surface area (Å²) in [7, 11) is 0. The SMILES string of the molecule is CC(C)/C(C=O)=C/c1ncc(I)s1. The van der Waals surface area contributed by atoms with Gasteiger partial charge in [-0.1, -0.05) is 13.8 Å². The van der Waals surface area contributed by atoms with Gasteiger partial charge in [-0.15, -0.1) is 11.3 Å². The number of carbonyl (C=O) groups is 1. The van der Waals surface area contributed by atoms with E-state index in [0.29, 0.717) is 0 Å². The molecule has 0 bridgehead atoms. The number of thiazole rings is 1. The van der Waals surface area contributed by atoms with Crippen molar-refractivity contribution in [1.82, 2.24) is 4.98 Å². The molecule has 0 spiro atoms. The van der Waals surface area contributed by atoms with Crippen molar-refractivity contribution in [1.29, 1.82) is 0 Å². The topological polar surface area (TPSA) is 30.0 Å². The fourth-order valence-electron chi connectivity index (χ4n) is 0.813. The van der Waals surface area contributed by atoms with Crippen molar-refractivity contribution >= 4 is 46.3 Å². The van der Waals surface area contributed by atoms with Gasteiger partial charge in [-0.05, 0) is 40.2 Å². The van der Waals surface area contributed by atoms with Crippen molar-refractivity contribution in [2.45, 2.75) is 13.8 Å². The molecule has 1 aromatic heterocycles. The van der Waals surface area contributed by atoms with Crippen LogP contribution >= 0.6 is 33.9 Å². The molecule has 0 amide bonds. The Bertz CT molecular complexity index is 330. The number of nitrogens with zero attached hydrogens (tertiary/aromatic N) is 1. The molecule has 1 heterocycles. The van der Waals surface area contributed by atoms with Crippen LogP contribution in [-0.2, 0) is 4.79 Å². The average Bonchev–Trinajstić information content (AvgIpc) is 2.46. The highest BCUT2D eigenvalue weighted by atomic mass is 127. The summed E-state index contributed by atoms with van der Waals surface area (Å²) in [5, 5.41) is 0.903. The van der Waals surface area contributed by atoms with Crippen LogP contribution in [0.2, 0.25) is 0 Å². The van der Waals surface area contributed by atoms with Gasteiger partial charge < -0.3 is 0 Å². The number of rotatable bonds is 3. The molecule has 0 aromatic carbocycles. The molecule has 0 aliphatic heterocycles. The lowest BCUT2D eigenvalue weighted by Gasteiger charge is -2.00. The first kappa shape index (κ1) is 10.8. The fraction of sp³-hybridized carbons (Fsp3) is 0.333. The van der Waals surface area contributed by atoms with Crippen LogP contribution in [0.1, 0.15) is 18.9 Å². The van der Waals surface area contributed by atoms with E-state index >= 15 is 0 Å². The Labute approximate surface area is 95.2 Å². The fourth-order valence-corrected chi connectivity index (χ4v) is 2.23. The monoisotopic (exact) mass is 307 g/mol. The van der Waals surface area contributed by atoms with Crippen LogP contribution in [0.25, 0.3) is 6.08 Å². The van der Waals surface area contributed by atoms with Crippen molar-refractivity contribution in [3.8, 4) is 0 Å². The molecule has 0 radical (unpaired) electrons. The maximum absolute atomic E-state index is 10.7. The molecule has 0 aliphatic carbocycles. The van der Waals surface area contributed by atoms with Gasteiger partial charge in [0.2, 0.25) is 0 Å². The van der Waals surface area contributed by atoms with E-state index in [1.807, 2.05) is 19.9 Å². The van der Waals surface area contributed by atoms with Crippen LogP contribution in [0.4, 0.5) is 0 Å². The molecule has 0 N–H and O–H groups in total. The van der Waals surface area contributed by atoms with Crippen molar-refractivity contribution in [3.63, 3.8) is 0 Å². The number of allylic oxidation sites excluding steroid dienone is 1. The molecule has 13 heavy (non-hydrogen) atoms. The third-order valence-corrected chi connectivity index (χ3v) is 3.26. The van der Waals surface area contributed by atoms with E-state index in [1.165, 1.54) is 0 Å². The predicted octanol–water partition coefficient (Wildman–Crippen LogP) is 2.99. The van der Waals surface area contributed by atoms with Crippen LogP contribution in [0, 0.1) is 8.80 Å². The number of halogens is 1. The summed E-state index contributed by atoms with van der Waals surface area (Å²) in [5.74, 6) is 0.263. The first-order chi connectivity index (χ1) is 6.13. The molecule has 4 heteroatoms. The summed E-state index contributed by atoms with van der Waals surface area (Å²) in [5.41, 5.74) is 0.797. The van der Waals surface area contributed by atoms with Gasteiger partial charge >= 0.3 is 0 Å². The zero-order valence-corrected chi connectivity index (χ0v) is 10.4. The van der Waals surface area contributed by atoms with Crippen LogP contribution in [0.5, 0.6) is 0 Å². The molecule has 0 aliphatic rings. The standard InChI is InChI=1S/C9H10INOS/c1-6(2)7(5-12)3-9-11-4-8(10)13-9/h3-6H,1-2H3/b7-3+. The lowest BCUT2D eigenvalue weighted by atomic mass is 10.1. The quantitative estimate of drug-likeness (QED) is 0.488. The maximum Gasteiger partial charge on any atom is 0.146 e. The van der Waals surface area contributed by atoms with Gasteiger partial charge in [0, 0.05) is 0 Å². The molecule has 1 rings (SSSR count). The Balaban J connectivity index is 2.91. The van der Waals surface area contributed by atoms with Crippen molar-refractivity contribution < 1.29 is 4.79 Å². The second kappa shape index (κ2) is 4.85. The Morgan fingerprint density at radius 3 is 2.77 bits per heavy atom. The minimum Gasteiger partial charge on any atom is -0.298 e. The zero-order valence-electron chi connectivity index (χ0n) is 7.45. The highest BCUT2D eigenvalue weighted by molar-refractivity contribution is 14.1. The van der Waals surface area contributed by atoms with Gasteiger partial charge in [0.05, 0.1) is 9.08 Å². The van der Waals surface area contributed by atoms with Gasteiger partial charge in [0.15, 0.2) is 0 Å². The Kier molecular flexibility index (Phi) is 4.05. The van der Waals surface area contributed by atoms with E-state index in [4.69, 9.17) is 0 Å². The average molecular weight is 307 g/mol. The molecule has 0 saturated heterocycles. The summed E-state index contributed by atoms with van der Waals surface area (Å²) in [6, 6.07) is 0. The van der Waals surface area contributed by atoms with Crippen molar-refractivity contribution in [2.75, 3.05) is 0 Å². The second-order valence-corrected chi connectivity index (χ2v) is 5.88. The summed E-state index contributed by atoms with van der Waals surface area (Å²) in [4.78, 5) is 14.8. The minimum absolute atomic E-state index is 0.263. The number of hydrogen-bond acceptors (Lipinski definition) is 3. The highest BCUT2D eigenvalue weighted by Crippen LogP contribution is 2.19. The summed E-state index contributed by atoms with van der Waals surface area (Å²) in [6.07, 6.45) is 4.56. The second-order valence-electron chi connectivity index (χ2n) is 2.92. The van der Waals surface area contributed by atoms with E-state index in [1.54, 1.807) is 17.5 Å². The first-order valence-corrected chi connectivity index (χ1v) is 5.81. The van der Waals surface area contributed by atoms with E-state index in [9.17, 15) is 4.79 Å². The van der Waals surface area contributed by atoms with Crippen LogP contribution in [0.3, 0.4) is 0 Å². The largest absolute Gasteiger partial charge is 0.298 e. The summed E-state index contributed by atoms with van der Waals surface area (Å²) >= 11 is 3.80. The van der Waals surface area contributed by atoms with E-state index in [0.717, 1.165) is 19.8 Å². The molecule has 70 valence electrons. The molecule has 2 nitrogen and oxygen atoms in total. The zero-order chi connectivity index (χ0) is 9.84. The maximum atomic E-state index is 10.7. The molecule has 0 atom stereocenters. The summed E-state index contributed by atoms with van der Waals surface area (Å²) < 4.78 is 1.14. The molecule has 0 unspecified atom stereocenters. The lowest BCUT2D eigenvalue weighted by Crippen LogP contribution is -1.94. The number of aldehydes is 1. The van der Waals surface area contributed by atoms with Crippen LogP contribution in [0.15, 0.2) is 11.8 Å². The minimum atomic E-state index is 0.263. The van der Waals surface area contributed by atoms with Crippen molar-refractivity contribution in [2.24, 2.45) is 5.92 Å². The molecule has 0 fully saturated rings. The predicted molar refractivity (Wildman–Crippen MR) is 63.7 cm³/mol. The number of hydrogen-bond donors (Lipinski definition) is 0. The lowest BCUT2D eigenvalue weighted by molar-refractivity contribution is -0.105. The van der Waals surface area contributed by atoms with Gasteiger partial charge in [0.1, 0.15) is 11.3 Å². The normalized spacial score (nSPS) is 12.2. The number of carbonyl (C=O) groups excluding carboxylic acids is 1. The highest BCUT2D eigenvalue weighted by Gasteiger charge is 2.03. The Hall–Kier alpha value is -0.230. The third kappa shape index (κ3) is 3.19. The van der Waals surface area contributed by atoms with Gasteiger partial charge in [-0.25, -0.2) is 4.98 Å². The third-order valence-electron chi connectivity index (χ3n) is 1.59. The van der Waals surface area contributed by atoms with Crippen LogP contribution < -0.4 is 0 Å². The number of aromatic nitrogens is 1. The van der Waals surface area contributed by atoms with Gasteiger partial charge in [-0.3, -0.25) is 4.79 Å². The molecular formula is C9H10INOS. The van der Waals surface area contributed by atoms with E-state index in [-0.39, 0.29) is 5.92 Å². The molecular weight excluding hydrogens is 297 g/mol. The van der Waals surface area contributed by atoms with Gasteiger partial charge in [0.25, 0.3) is 0 Å². The smallest absolute Gasteiger partial charge is 0.146 e. The molecule has 0 saturated carbocycles. The molecule has 1 aromatic rings. The first-order valence-electron chi connectivity index (χ1n) is 3.91. The van der Waals surface area contributed by atoms with Crippen LogP contribution in [-0.4, -0.2) is 11.3 Å². The van der Waals surface area contributed by atoms with Crippen molar-refractivity contribution in [3.05, 3.63) is 19.7 Å². The Morgan fingerprint density at radius 1 is 1.69 bits per heavy atom. The van der Waals surface area contributed by atoms with E-state index < -0.39 is 0 Å². The summed E-state index contributed by atoms with van der Waals surface area (Å²) in [6.45, 7) is 4.00.